The van der Waals surface area contributed by atoms with Gasteiger partial charge in [-0.25, -0.2) is 0 Å². The summed E-state index contributed by atoms with van der Waals surface area (Å²) < 4.78 is 6.48. The Bertz CT molecular complexity index is 315. The second kappa shape index (κ2) is 6.10. The van der Waals surface area contributed by atoms with E-state index in [2.05, 4.69) is 15.9 Å². The number of aliphatic hydroxyl groups is 1. The summed E-state index contributed by atoms with van der Waals surface area (Å²) in [6.07, 6.45) is 0.277. The summed E-state index contributed by atoms with van der Waals surface area (Å²) in [5.41, 5.74) is 6.57. The quantitative estimate of drug-likeness (QED) is 0.864. The highest BCUT2D eigenvalue weighted by Crippen LogP contribution is 2.28. The molecule has 0 fully saturated rings. The molecule has 0 aliphatic heterocycles. The van der Waals surface area contributed by atoms with Gasteiger partial charge in [0, 0.05) is 18.5 Å². The monoisotopic (exact) mass is 273 g/mol. The molecule has 0 spiro atoms. The Hall–Kier alpha value is -0.580. The lowest BCUT2D eigenvalue weighted by molar-refractivity contribution is 0.155. The van der Waals surface area contributed by atoms with Crippen LogP contribution in [-0.4, -0.2) is 17.8 Å². The second-order valence-electron chi connectivity index (χ2n) is 3.42. The highest BCUT2D eigenvalue weighted by molar-refractivity contribution is 9.10. The molecule has 1 aromatic rings. The SMILES string of the molecule is CC(O)CCOc1c(Br)cccc1CN. The molecule has 1 atom stereocenters. The molecule has 0 bridgehead atoms. The lowest BCUT2D eigenvalue weighted by Gasteiger charge is -2.12. The molecule has 1 aromatic carbocycles. The van der Waals surface area contributed by atoms with E-state index >= 15 is 0 Å². The van der Waals surface area contributed by atoms with Crippen molar-refractivity contribution in [1.82, 2.24) is 0 Å². The predicted molar refractivity (Wildman–Crippen MR) is 63.8 cm³/mol. The fraction of sp³-hybridized carbons (Fsp3) is 0.455. The fourth-order valence-electron chi connectivity index (χ4n) is 1.21. The van der Waals surface area contributed by atoms with Gasteiger partial charge in [-0.15, -0.1) is 0 Å². The summed E-state index contributed by atoms with van der Waals surface area (Å²) in [5, 5.41) is 9.11. The minimum atomic E-state index is -0.339. The summed E-state index contributed by atoms with van der Waals surface area (Å²) in [6, 6.07) is 5.77. The van der Waals surface area contributed by atoms with Gasteiger partial charge in [0.1, 0.15) is 5.75 Å². The van der Waals surface area contributed by atoms with E-state index in [1.807, 2.05) is 18.2 Å². The molecule has 0 aromatic heterocycles. The third-order valence-electron chi connectivity index (χ3n) is 2.05. The Morgan fingerprint density at radius 2 is 2.27 bits per heavy atom. The van der Waals surface area contributed by atoms with E-state index in [0.717, 1.165) is 15.8 Å². The van der Waals surface area contributed by atoms with Crippen molar-refractivity contribution in [2.45, 2.75) is 26.0 Å². The van der Waals surface area contributed by atoms with Crippen LogP contribution in [0.25, 0.3) is 0 Å². The second-order valence-corrected chi connectivity index (χ2v) is 4.27. The molecule has 0 aliphatic carbocycles. The van der Waals surface area contributed by atoms with E-state index in [4.69, 9.17) is 15.6 Å². The summed E-state index contributed by atoms with van der Waals surface area (Å²) in [4.78, 5) is 0. The molecule has 0 heterocycles. The normalized spacial score (nSPS) is 12.5. The lowest BCUT2D eigenvalue weighted by atomic mass is 10.2. The van der Waals surface area contributed by atoms with Gasteiger partial charge in [0.2, 0.25) is 0 Å². The highest BCUT2D eigenvalue weighted by Gasteiger charge is 2.06. The van der Waals surface area contributed by atoms with Gasteiger partial charge in [-0.1, -0.05) is 12.1 Å². The highest BCUT2D eigenvalue weighted by atomic mass is 79.9. The van der Waals surface area contributed by atoms with Crippen molar-refractivity contribution in [3.05, 3.63) is 28.2 Å². The van der Waals surface area contributed by atoms with Gasteiger partial charge < -0.3 is 15.6 Å². The van der Waals surface area contributed by atoms with Gasteiger partial charge in [-0.3, -0.25) is 0 Å². The maximum absolute atomic E-state index is 9.11. The largest absolute Gasteiger partial charge is 0.492 e. The van der Waals surface area contributed by atoms with E-state index < -0.39 is 0 Å². The number of hydrogen-bond acceptors (Lipinski definition) is 3. The van der Waals surface area contributed by atoms with Crippen molar-refractivity contribution in [2.75, 3.05) is 6.61 Å². The fourth-order valence-corrected chi connectivity index (χ4v) is 1.73. The van der Waals surface area contributed by atoms with Crippen molar-refractivity contribution in [2.24, 2.45) is 5.73 Å². The van der Waals surface area contributed by atoms with E-state index in [9.17, 15) is 0 Å². The maximum atomic E-state index is 9.11. The number of benzene rings is 1. The summed E-state index contributed by atoms with van der Waals surface area (Å²) in [7, 11) is 0. The molecular weight excluding hydrogens is 258 g/mol. The third-order valence-corrected chi connectivity index (χ3v) is 2.67. The van der Waals surface area contributed by atoms with Crippen LogP contribution >= 0.6 is 15.9 Å². The van der Waals surface area contributed by atoms with Crippen molar-refractivity contribution >= 4 is 15.9 Å². The first-order valence-electron chi connectivity index (χ1n) is 4.93. The van der Waals surface area contributed by atoms with Crippen molar-refractivity contribution < 1.29 is 9.84 Å². The zero-order valence-electron chi connectivity index (χ0n) is 8.74. The average Bonchev–Trinajstić information content (AvgIpc) is 2.20. The molecule has 3 nitrogen and oxygen atoms in total. The molecule has 84 valence electrons. The Kier molecular flexibility index (Phi) is 5.08. The number of para-hydroxylation sites is 1. The van der Waals surface area contributed by atoms with Crippen LogP contribution in [0.2, 0.25) is 0 Å². The van der Waals surface area contributed by atoms with Crippen LogP contribution < -0.4 is 10.5 Å². The molecule has 1 rings (SSSR count). The Balaban J connectivity index is 2.66. The number of halogens is 1. The van der Waals surface area contributed by atoms with Gasteiger partial charge in [0.05, 0.1) is 17.2 Å². The van der Waals surface area contributed by atoms with E-state index in [-0.39, 0.29) is 6.10 Å². The van der Waals surface area contributed by atoms with Gasteiger partial charge >= 0.3 is 0 Å². The molecule has 1 unspecified atom stereocenters. The first-order valence-corrected chi connectivity index (χ1v) is 5.72. The molecule has 0 radical (unpaired) electrons. The van der Waals surface area contributed by atoms with E-state index in [1.54, 1.807) is 6.92 Å². The molecule has 0 aliphatic rings. The van der Waals surface area contributed by atoms with Crippen molar-refractivity contribution in [3.63, 3.8) is 0 Å². The summed E-state index contributed by atoms with van der Waals surface area (Å²) in [5.74, 6) is 0.778. The molecule has 0 saturated heterocycles. The number of ether oxygens (including phenoxy) is 1. The van der Waals surface area contributed by atoms with Gasteiger partial charge in [-0.2, -0.15) is 0 Å². The Morgan fingerprint density at radius 3 is 2.87 bits per heavy atom. The Morgan fingerprint density at radius 1 is 1.53 bits per heavy atom. The third kappa shape index (κ3) is 3.81. The minimum absolute atomic E-state index is 0.339. The molecule has 3 N–H and O–H groups in total. The smallest absolute Gasteiger partial charge is 0.137 e. The van der Waals surface area contributed by atoms with E-state index in [1.165, 1.54) is 0 Å². The van der Waals surface area contributed by atoms with Crippen LogP contribution in [0.15, 0.2) is 22.7 Å². The number of rotatable bonds is 5. The van der Waals surface area contributed by atoms with Gasteiger partial charge in [0.25, 0.3) is 0 Å². The summed E-state index contributed by atoms with van der Waals surface area (Å²) >= 11 is 3.41. The lowest BCUT2D eigenvalue weighted by Crippen LogP contribution is -2.09. The molecule has 0 amide bonds. The minimum Gasteiger partial charge on any atom is -0.492 e. The van der Waals surface area contributed by atoms with Crippen LogP contribution in [0, 0.1) is 0 Å². The molecular formula is C11H16BrNO2. The van der Waals surface area contributed by atoms with Crippen LogP contribution in [0.4, 0.5) is 0 Å². The number of hydrogen-bond donors (Lipinski definition) is 2. The van der Waals surface area contributed by atoms with Crippen LogP contribution in [0.5, 0.6) is 5.75 Å². The van der Waals surface area contributed by atoms with Crippen LogP contribution in [0.1, 0.15) is 18.9 Å². The van der Waals surface area contributed by atoms with Gasteiger partial charge in [-0.05, 0) is 28.9 Å². The van der Waals surface area contributed by atoms with Gasteiger partial charge in [0.15, 0.2) is 0 Å². The summed E-state index contributed by atoms with van der Waals surface area (Å²) in [6.45, 7) is 2.68. The first kappa shape index (κ1) is 12.5. The molecule has 0 saturated carbocycles. The molecule has 15 heavy (non-hydrogen) atoms. The number of nitrogens with two attached hydrogens (primary N) is 1. The maximum Gasteiger partial charge on any atom is 0.137 e. The van der Waals surface area contributed by atoms with Crippen molar-refractivity contribution in [1.29, 1.82) is 0 Å². The predicted octanol–water partition coefficient (Wildman–Crippen LogP) is 2.06. The zero-order chi connectivity index (χ0) is 11.3. The zero-order valence-corrected chi connectivity index (χ0v) is 10.3. The standard InChI is InChI=1S/C11H16BrNO2/c1-8(14)5-6-15-11-9(7-13)3-2-4-10(11)12/h2-4,8,14H,5-7,13H2,1H3. The Labute approximate surface area is 98.4 Å². The number of aliphatic hydroxyl groups excluding tert-OH is 1. The topological polar surface area (TPSA) is 55.5 Å². The van der Waals surface area contributed by atoms with Crippen LogP contribution in [0.3, 0.4) is 0 Å². The first-order chi connectivity index (χ1) is 7.15. The van der Waals surface area contributed by atoms with E-state index in [0.29, 0.717) is 19.6 Å². The molecule has 4 heteroatoms. The average molecular weight is 274 g/mol. The van der Waals surface area contributed by atoms with Crippen LogP contribution in [-0.2, 0) is 6.54 Å². The van der Waals surface area contributed by atoms with Crippen molar-refractivity contribution in [3.8, 4) is 5.75 Å².